The quantitative estimate of drug-likeness (QED) is 0.824. The predicted octanol–water partition coefficient (Wildman–Crippen LogP) is 1.41. The summed E-state index contributed by atoms with van der Waals surface area (Å²) in [6.07, 6.45) is 5.53. The van der Waals surface area contributed by atoms with Crippen LogP contribution < -0.4 is 0 Å². The maximum absolute atomic E-state index is 12.5. The Morgan fingerprint density at radius 2 is 2.00 bits per heavy atom. The number of amides is 1. The van der Waals surface area contributed by atoms with Crippen molar-refractivity contribution in [1.29, 1.82) is 0 Å². The van der Waals surface area contributed by atoms with Gasteiger partial charge in [-0.3, -0.25) is 9.59 Å². The second-order valence-corrected chi connectivity index (χ2v) is 5.45. The van der Waals surface area contributed by atoms with E-state index in [9.17, 15) is 9.59 Å². The summed E-state index contributed by atoms with van der Waals surface area (Å²) in [6, 6.07) is 0.0784. The fourth-order valence-electron chi connectivity index (χ4n) is 2.98. The van der Waals surface area contributed by atoms with Crippen LogP contribution in [-0.4, -0.2) is 46.7 Å². The number of carboxylic acids is 1. The molecule has 1 amide bonds. The molecule has 1 saturated heterocycles. The van der Waals surface area contributed by atoms with Gasteiger partial charge in [-0.25, -0.2) is 0 Å². The van der Waals surface area contributed by atoms with Crippen molar-refractivity contribution in [3.05, 3.63) is 0 Å². The molecule has 1 atom stereocenters. The lowest BCUT2D eigenvalue weighted by Crippen LogP contribution is -2.52. The first-order valence-corrected chi connectivity index (χ1v) is 6.70. The lowest BCUT2D eigenvalue weighted by Gasteiger charge is -2.34. The summed E-state index contributed by atoms with van der Waals surface area (Å²) in [6.45, 7) is 2.17. The van der Waals surface area contributed by atoms with Crippen LogP contribution in [0.2, 0.25) is 0 Å². The van der Waals surface area contributed by atoms with Gasteiger partial charge in [0.2, 0.25) is 0 Å². The molecule has 1 aliphatic carbocycles. The van der Waals surface area contributed by atoms with Crippen LogP contribution in [0.3, 0.4) is 0 Å². The van der Waals surface area contributed by atoms with Gasteiger partial charge in [0.15, 0.2) is 0 Å². The van der Waals surface area contributed by atoms with E-state index in [0.29, 0.717) is 13.0 Å². The van der Waals surface area contributed by atoms with E-state index in [1.807, 2.05) is 0 Å². The van der Waals surface area contributed by atoms with Crippen molar-refractivity contribution in [2.24, 2.45) is 0 Å². The van der Waals surface area contributed by atoms with Crippen LogP contribution in [0.25, 0.3) is 0 Å². The van der Waals surface area contributed by atoms with Gasteiger partial charge in [0, 0.05) is 12.6 Å². The van der Waals surface area contributed by atoms with Gasteiger partial charge in [-0.05, 0) is 32.6 Å². The van der Waals surface area contributed by atoms with Crippen molar-refractivity contribution in [3.63, 3.8) is 0 Å². The third-order valence-corrected chi connectivity index (χ3v) is 4.00. The molecule has 0 aromatic carbocycles. The molecule has 1 saturated carbocycles. The van der Waals surface area contributed by atoms with Gasteiger partial charge in [-0.2, -0.15) is 0 Å². The molecule has 2 fully saturated rings. The molecule has 1 N–H and O–H groups in total. The van der Waals surface area contributed by atoms with Gasteiger partial charge in [0.1, 0.15) is 12.1 Å². The van der Waals surface area contributed by atoms with Gasteiger partial charge >= 0.3 is 5.97 Å². The Morgan fingerprint density at radius 1 is 1.33 bits per heavy atom. The molecular weight excluding hydrogens is 234 g/mol. The number of carboxylic acid groups (broad SMARTS) is 1. The van der Waals surface area contributed by atoms with Crippen LogP contribution in [-0.2, 0) is 14.3 Å². The highest BCUT2D eigenvalue weighted by Gasteiger charge is 2.43. The topological polar surface area (TPSA) is 66.8 Å². The molecule has 1 heterocycles. The van der Waals surface area contributed by atoms with E-state index in [0.717, 1.165) is 32.1 Å². The van der Waals surface area contributed by atoms with Crippen molar-refractivity contribution in [2.75, 3.05) is 13.2 Å². The molecule has 1 aliphatic heterocycles. The normalized spacial score (nSPS) is 28.5. The summed E-state index contributed by atoms with van der Waals surface area (Å²) in [7, 11) is 0. The molecule has 0 spiro atoms. The first-order valence-electron chi connectivity index (χ1n) is 6.70. The Morgan fingerprint density at radius 3 is 2.50 bits per heavy atom. The number of carbonyl (C=O) groups is 2. The van der Waals surface area contributed by atoms with Gasteiger partial charge < -0.3 is 14.7 Å². The fraction of sp³-hybridized carbons (Fsp3) is 0.846. The third kappa shape index (κ3) is 2.66. The third-order valence-electron chi connectivity index (χ3n) is 4.00. The summed E-state index contributed by atoms with van der Waals surface area (Å²) in [5, 5.41) is 8.99. The summed E-state index contributed by atoms with van der Waals surface area (Å²) >= 11 is 0. The minimum Gasteiger partial charge on any atom is -0.480 e. The Balaban J connectivity index is 2.11. The number of hydrogen-bond acceptors (Lipinski definition) is 3. The van der Waals surface area contributed by atoms with E-state index >= 15 is 0 Å². The molecule has 5 heteroatoms. The minimum absolute atomic E-state index is 0.0784. The van der Waals surface area contributed by atoms with Crippen molar-refractivity contribution in [2.45, 2.75) is 57.1 Å². The van der Waals surface area contributed by atoms with Crippen LogP contribution >= 0.6 is 0 Å². The Labute approximate surface area is 107 Å². The molecule has 2 aliphatic rings. The number of hydrogen-bond donors (Lipinski definition) is 1. The fourth-order valence-corrected chi connectivity index (χ4v) is 2.98. The number of aliphatic carboxylic acids is 1. The average Bonchev–Trinajstić information content (AvgIpc) is 2.96. The molecular formula is C13H21NO4. The SMILES string of the molecule is CC1(C(=O)N(CC(=O)O)C2CCCC2)CCCO1. The molecule has 0 aromatic rings. The minimum atomic E-state index is -0.947. The Bertz CT molecular complexity index is 330. The number of carbonyl (C=O) groups excluding carboxylic acids is 1. The second kappa shape index (κ2) is 5.26. The Hall–Kier alpha value is -1.10. The summed E-state index contributed by atoms with van der Waals surface area (Å²) < 4.78 is 5.54. The number of ether oxygens (including phenoxy) is 1. The van der Waals surface area contributed by atoms with Gasteiger partial charge in [-0.1, -0.05) is 12.8 Å². The van der Waals surface area contributed by atoms with E-state index in [4.69, 9.17) is 9.84 Å². The standard InChI is InChI=1S/C13H21NO4/c1-13(7-4-8-18-13)12(17)14(9-11(15)16)10-5-2-3-6-10/h10H,2-9H2,1H3,(H,15,16). The average molecular weight is 255 g/mol. The highest BCUT2D eigenvalue weighted by atomic mass is 16.5. The molecule has 0 bridgehead atoms. The number of nitrogens with zero attached hydrogens (tertiary/aromatic N) is 1. The van der Waals surface area contributed by atoms with Crippen LogP contribution in [0.1, 0.15) is 45.4 Å². The summed E-state index contributed by atoms with van der Waals surface area (Å²) in [5.74, 6) is -1.09. The monoisotopic (exact) mass is 255 g/mol. The molecule has 102 valence electrons. The number of rotatable bonds is 4. The molecule has 0 radical (unpaired) electrons. The lowest BCUT2D eigenvalue weighted by molar-refractivity contribution is -0.158. The zero-order chi connectivity index (χ0) is 13.2. The van der Waals surface area contributed by atoms with Crippen molar-refractivity contribution >= 4 is 11.9 Å². The van der Waals surface area contributed by atoms with Gasteiger partial charge in [-0.15, -0.1) is 0 Å². The van der Waals surface area contributed by atoms with Crippen molar-refractivity contribution < 1.29 is 19.4 Å². The molecule has 18 heavy (non-hydrogen) atoms. The van der Waals surface area contributed by atoms with Gasteiger partial charge in [0.05, 0.1) is 0 Å². The van der Waals surface area contributed by atoms with Gasteiger partial charge in [0.25, 0.3) is 5.91 Å². The Kier molecular flexibility index (Phi) is 3.90. The van der Waals surface area contributed by atoms with Crippen LogP contribution in [0.4, 0.5) is 0 Å². The predicted molar refractivity (Wildman–Crippen MR) is 65.2 cm³/mol. The molecule has 2 rings (SSSR count). The molecule has 5 nitrogen and oxygen atoms in total. The maximum Gasteiger partial charge on any atom is 0.323 e. The van der Waals surface area contributed by atoms with Crippen LogP contribution in [0.5, 0.6) is 0 Å². The first kappa shape index (κ1) is 13.3. The zero-order valence-electron chi connectivity index (χ0n) is 10.9. The molecule has 1 unspecified atom stereocenters. The second-order valence-electron chi connectivity index (χ2n) is 5.45. The van der Waals surface area contributed by atoms with E-state index in [1.54, 1.807) is 6.92 Å². The summed E-state index contributed by atoms with van der Waals surface area (Å²) in [4.78, 5) is 25.0. The zero-order valence-corrected chi connectivity index (χ0v) is 10.9. The van der Waals surface area contributed by atoms with E-state index in [2.05, 4.69) is 0 Å². The van der Waals surface area contributed by atoms with Crippen LogP contribution in [0.15, 0.2) is 0 Å². The smallest absolute Gasteiger partial charge is 0.323 e. The lowest BCUT2D eigenvalue weighted by atomic mass is 9.99. The highest BCUT2D eigenvalue weighted by molar-refractivity contribution is 5.88. The molecule has 0 aromatic heterocycles. The van der Waals surface area contributed by atoms with Crippen molar-refractivity contribution in [1.82, 2.24) is 4.90 Å². The highest BCUT2D eigenvalue weighted by Crippen LogP contribution is 2.31. The first-order chi connectivity index (χ1) is 8.53. The van der Waals surface area contributed by atoms with E-state index < -0.39 is 11.6 Å². The maximum atomic E-state index is 12.5. The largest absolute Gasteiger partial charge is 0.480 e. The van der Waals surface area contributed by atoms with Crippen molar-refractivity contribution in [3.8, 4) is 0 Å². The van der Waals surface area contributed by atoms with Crippen LogP contribution in [0, 0.1) is 0 Å². The van der Waals surface area contributed by atoms with E-state index in [1.165, 1.54) is 4.90 Å². The summed E-state index contributed by atoms with van der Waals surface area (Å²) in [5.41, 5.74) is -0.807. The van der Waals surface area contributed by atoms with E-state index in [-0.39, 0.29) is 18.5 Å².